The molecule has 0 spiro atoms. The van der Waals surface area contributed by atoms with Crippen LogP contribution < -0.4 is 5.73 Å². The van der Waals surface area contributed by atoms with E-state index in [1.165, 1.54) is 17.3 Å². The Balaban J connectivity index is 1.99. The number of fused-ring (bicyclic) bond motifs is 1. The van der Waals surface area contributed by atoms with Gasteiger partial charge in [0, 0.05) is 17.9 Å². The van der Waals surface area contributed by atoms with Crippen LogP contribution in [0.2, 0.25) is 0 Å². The predicted octanol–water partition coefficient (Wildman–Crippen LogP) is 3.57. The largest absolute Gasteiger partial charge is 0.344 e. The van der Waals surface area contributed by atoms with Crippen molar-refractivity contribution in [2.24, 2.45) is 5.73 Å². The summed E-state index contributed by atoms with van der Waals surface area (Å²) in [5, 5.41) is 0. The molecule has 100 valence electrons. The molecule has 0 radical (unpaired) electrons. The van der Waals surface area contributed by atoms with Gasteiger partial charge < -0.3 is 10.3 Å². The van der Waals surface area contributed by atoms with Crippen LogP contribution in [0.4, 0.5) is 4.39 Å². The Labute approximate surface area is 113 Å². The molecular weight excluding hydrogens is 239 g/mol. The van der Waals surface area contributed by atoms with Crippen molar-refractivity contribution >= 4 is 0 Å². The molecule has 1 aliphatic carbocycles. The van der Waals surface area contributed by atoms with Crippen LogP contribution in [0.25, 0.3) is 0 Å². The Kier molecular flexibility index (Phi) is 3.15. The van der Waals surface area contributed by atoms with Gasteiger partial charge in [-0.05, 0) is 55.5 Å². The molecule has 0 saturated carbocycles. The molecule has 0 amide bonds. The van der Waals surface area contributed by atoms with Gasteiger partial charge >= 0.3 is 0 Å². The first kappa shape index (κ1) is 12.4. The molecule has 0 saturated heterocycles. The van der Waals surface area contributed by atoms with E-state index in [1.54, 1.807) is 12.1 Å². The fourth-order valence-corrected chi connectivity index (χ4v) is 3.04. The fraction of sp³-hybridized carbons (Fsp3) is 0.375. The van der Waals surface area contributed by atoms with E-state index in [-0.39, 0.29) is 17.9 Å². The molecule has 3 rings (SSSR count). The number of nitrogens with two attached hydrogens (primary N) is 1. The lowest BCUT2D eigenvalue weighted by atomic mass is 9.93. The van der Waals surface area contributed by atoms with Gasteiger partial charge in [0.25, 0.3) is 0 Å². The van der Waals surface area contributed by atoms with Crippen molar-refractivity contribution in [2.45, 2.75) is 38.3 Å². The quantitative estimate of drug-likeness (QED) is 0.877. The maximum absolute atomic E-state index is 13.3. The smallest absolute Gasteiger partial charge is 0.123 e. The molecule has 2 aromatic rings. The summed E-state index contributed by atoms with van der Waals surface area (Å²) in [6, 6.07) is 9.26. The number of aromatic nitrogens is 1. The first-order valence-electron chi connectivity index (χ1n) is 6.87. The molecule has 2 atom stereocenters. The Morgan fingerprint density at radius 2 is 2.21 bits per heavy atom. The maximum Gasteiger partial charge on any atom is 0.123 e. The Hall–Kier alpha value is -1.61. The lowest BCUT2D eigenvalue weighted by Gasteiger charge is -2.24. The van der Waals surface area contributed by atoms with Crippen molar-refractivity contribution in [3.63, 3.8) is 0 Å². The standard InChI is InChI=1S/C16H19FN2/c1-11(12-4-2-5-13(17)10-12)19-9-8-14-15(18)6-3-7-16(14)19/h2,4-5,8-11,15H,3,6-7,18H2,1H3. The molecule has 19 heavy (non-hydrogen) atoms. The van der Waals surface area contributed by atoms with Crippen LogP contribution in [0.5, 0.6) is 0 Å². The van der Waals surface area contributed by atoms with E-state index < -0.39 is 0 Å². The van der Waals surface area contributed by atoms with Crippen LogP contribution in [0.3, 0.4) is 0 Å². The lowest BCUT2D eigenvalue weighted by molar-refractivity contribution is 0.524. The summed E-state index contributed by atoms with van der Waals surface area (Å²) in [7, 11) is 0. The first-order chi connectivity index (χ1) is 9.16. The Morgan fingerprint density at radius 1 is 1.37 bits per heavy atom. The van der Waals surface area contributed by atoms with Gasteiger partial charge in [-0.3, -0.25) is 0 Å². The topological polar surface area (TPSA) is 30.9 Å². The second kappa shape index (κ2) is 4.82. The first-order valence-corrected chi connectivity index (χ1v) is 6.87. The molecule has 1 aliphatic rings. The number of halogens is 1. The minimum Gasteiger partial charge on any atom is -0.344 e. The van der Waals surface area contributed by atoms with E-state index in [9.17, 15) is 4.39 Å². The average molecular weight is 258 g/mol. The van der Waals surface area contributed by atoms with E-state index in [0.717, 1.165) is 24.8 Å². The summed E-state index contributed by atoms with van der Waals surface area (Å²) < 4.78 is 15.6. The summed E-state index contributed by atoms with van der Waals surface area (Å²) in [5.74, 6) is -0.179. The Bertz CT molecular complexity index is 588. The van der Waals surface area contributed by atoms with E-state index in [1.807, 2.05) is 6.07 Å². The van der Waals surface area contributed by atoms with Crippen molar-refractivity contribution < 1.29 is 4.39 Å². The van der Waals surface area contributed by atoms with E-state index in [2.05, 4.69) is 23.8 Å². The third-order valence-electron chi connectivity index (χ3n) is 4.14. The average Bonchev–Trinajstić information content (AvgIpc) is 2.83. The maximum atomic E-state index is 13.3. The highest BCUT2D eigenvalue weighted by molar-refractivity contribution is 5.31. The zero-order valence-corrected chi connectivity index (χ0v) is 11.1. The molecule has 1 heterocycles. The zero-order valence-electron chi connectivity index (χ0n) is 11.1. The molecule has 0 aliphatic heterocycles. The third kappa shape index (κ3) is 2.19. The highest BCUT2D eigenvalue weighted by Gasteiger charge is 2.22. The highest BCUT2D eigenvalue weighted by atomic mass is 19.1. The van der Waals surface area contributed by atoms with Gasteiger partial charge in [-0.1, -0.05) is 12.1 Å². The fourth-order valence-electron chi connectivity index (χ4n) is 3.04. The third-order valence-corrected chi connectivity index (χ3v) is 4.14. The number of hydrogen-bond acceptors (Lipinski definition) is 1. The van der Waals surface area contributed by atoms with Crippen molar-refractivity contribution in [3.05, 3.63) is 59.2 Å². The molecular formula is C16H19FN2. The van der Waals surface area contributed by atoms with Crippen LogP contribution in [0.15, 0.2) is 36.5 Å². The molecule has 0 bridgehead atoms. The predicted molar refractivity (Wildman–Crippen MR) is 74.5 cm³/mol. The van der Waals surface area contributed by atoms with Crippen LogP contribution in [-0.4, -0.2) is 4.57 Å². The molecule has 1 aromatic heterocycles. The monoisotopic (exact) mass is 258 g/mol. The zero-order chi connectivity index (χ0) is 13.4. The minimum absolute atomic E-state index is 0.143. The van der Waals surface area contributed by atoms with Crippen molar-refractivity contribution in [3.8, 4) is 0 Å². The number of nitrogens with zero attached hydrogens (tertiary/aromatic N) is 1. The number of hydrogen-bond donors (Lipinski definition) is 1. The van der Waals surface area contributed by atoms with Crippen LogP contribution in [-0.2, 0) is 6.42 Å². The number of benzene rings is 1. The second-order valence-corrected chi connectivity index (χ2v) is 5.35. The Morgan fingerprint density at radius 3 is 3.00 bits per heavy atom. The van der Waals surface area contributed by atoms with E-state index >= 15 is 0 Å². The lowest BCUT2D eigenvalue weighted by Crippen LogP contribution is -2.19. The molecule has 2 N–H and O–H groups in total. The van der Waals surface area contributed by atoms with Gasteiger partial charge in [0.05, 0.1) is 6.04 Å². The normalized spacial score (nSPS) is 20.1. The van der Waals surface area contributed by atoms with Gasteiger partial charge in [-0.25, -0.2) is 4.39 Å². The highest BCUT2D eigenvalue weighted by Crippen LogP contribution is 2.32. The molecule has 0 fully saturated rings. The van der Waals surface area contributed by atoms with Crippen LogP contribution in [0.1, 0.15) is 48.7 Å². The molecule has 2 unspecified atom stereocenters. The van der Waals surface area contributed by atoms with Crippen molar-refractivity contribution in [1.82, 2.24) is 4.57 Å². The molecule has 3 heteroatoms. The van der Waals surface area contributed by atoms with Crippen molar-refractivity contribution in [2.75, 3.05) is 0 Å². The summed E-state index contributed by atoms with van der Waals surface area (Å²) in [6.07, 6.45) is 5.35. The second-order valence-electron chi connectivity index (χ2n) is 5.35. The van der Waals surface area contributed by atoms with Gasteiger partial charge in [-0.15, -0.1) is 0 Å². The van der Waals surface area contributed by atoms with Crippen molar-refractivity contribution in [1.29, 1.82) is 0 Å². The van der Waals surface area contributed by atoms with E-state index in [4.69, 9.17) is 5.73 Å². The van der Waals surface area contributed by atoms with Gasteiger partial charge in [0.2, 0.25) is 0 Å². The number of rotatable bonds is 2. The van der Waals surface area contributed by atoms with E-state index in [0.29, 0.717) is 0 Å². The summed E-state index contributed by atoms with van der Waals surface area (Å²) in [6.45, 7) is 2.11. The van der Waals surface area contributed by atoms with Gasteiger partial charge in [0.15, 0.2) is 0 Å². The van der Waals surface area contributed by atoms with Crippen LogP contribution >= 0.6 is 0 Å². The van der Waals surface area contributed by atoms with Gasteiger partial charge in [0.1, 0.15) is 5.82 Å². The molecule has 2 nitrogen and oxygen atoms in total. The SMILES string of the molecule is CC(c1cccc(F)c1)n1ccc2c1CCCC2N. The summed E-state index contributed by atoms with van der Waals surface area (Å²) in [5.41, 5.74) is 9.72. The summed E-state index contributed by atoms with van der Waals surface area (Å²) >= 11 is 0. The molecule has 1 aromatic carbocycles. The summed E-state index contributed by atoms with van der Waals surface area (Å²) in [4.78, 5) is 0. The van der Waals surface area contributed by atoms with Gasteiger partial charge in [-0.2, -0.15) is 0 Å². The minimum atomic E-state index is -0.179. The van der Waals surface area contributed by atoms with Crippen LogP contribution in [0, 0.1) is 5.82 Å².